The number of aromatic amines is 1. The molecule has 9 nitrogen and oxygen atoms in total. The molecule has 1 aliphatic carbocycles. The predicted octanol–water partition coefficient (Wildman–Crippen LogP) is 4.34. The SMILES string of the molecule is C[C@H]1CC[C@H](c2ccc3sc(C4CC(C=[N+](C)C)C4)nc3c2)N(C(=O)C(=O)Nc2cncc3cn[nH]c23)C1. The summed E-state index contributed by atoms with van der Waals surface area (Å²) in [4.78, 5) is 37.4. The van der Waals surface area contributed by atoms with Gasteiger partial charge in [-0.1, -0.05) is 13.0 Å². The number of fused-ring (bicyclic) bond motifs is 2. The van der Waals surface area contributed by atoms with E-state index in [0.29, 0.717) is 35.5 Å². The van der Waals surface area contributed by atoms with E-state index in [9.17, 15) is 9.59 Å². The number of benzene rings is 1. The fourth-order valence-electron chi connectivity index (χ4n) is 5.74. The molecule has 0 bridgehead atoms. The van der Waals surface area contributed by atoms with Gasteiger partial charge in [0.1, 0.15) is 20.3 Å². The van der Waals surface area contributed by atoms with Crippen LogP contribution in [0.25, 0.3) is 21.1 Å². The number of anilines is 1. The number of likely N-dealkylation sites (tertiary alicyclic amines) is 1. The second-order valence-corrected chi connectivity index (χ2v) is 12.0. The van der Waals surface area contributed by atoms with Crippen LogP contribution >= 0.6 is 11.3 Å². The molecule has 2 fully saturated rings. The van der Waals surface area contributed by atoms with Crippen molar-refractivity contribution in [2.75, 3.05) is 26.0 Å². The summed E-state index contributed by atoms with van der Waals surface area (Å²) in [6, 6.07) is 6.18. The normalized spacial score (nSPS) is 23.3. The number of hydrogen-bond acceptors (Lipinski definition) is 6. The third kappa shape index (κ3) is 4.69. The monoisotopic (exact) mass is 530 g/mol. The third-order valence-electron chi connectivity index (χ3n) is 7.72. The quantitative estimate of drug-likeness (QED) is 0.232. The van der Waals surface area contributed by atoms with Crippen LogP contribution in [0.5, 0.6) is 0 Å². The second-order valence-electron chi connectivity index (χ2n) is 11.0. The number of H-pyrrole nitrogens is 1. The van der Waals surface area contributed by atoms with Crippen molar-refractivity contribution >= 4 is 56.2 Å². The Balaban J connectivity index is 1.22. The van der Waals surface area contributed by atoms with Crippen LogP contribution in [0.1, 0.15) is 55.1 Å². The minimum absolute atomic E-state index is 0.164. The van der Waals surface area contributed by atoms with Crippen LogP contribution < -0.4 is 5.32 Å². The molecule has 2 amide bonds. The van der Waals surface area contributed by atoms with Gasteiger partial charge < -0.3 is 10.2 Å². The van der Waals surface area contributed by atoms with Crippen LogP contribution in [0, 0.1) is 11.8 Å². The van der Waals surface area contributed by atoms with Crippen LogP contribution in [-0.4, -0.2) is 68.3 Å². The largest absolute Gasteiger partial charge is 0.327 e. The van der Waals surface area contributed by atoms with Crippen LogP contribution in [0.4, 0.5) is 5.69 Å². The molecule has 2 atom stereocenters. The Labute approximate surface area is 225 Å². The van der Waals surface area contributed by atoms with Crippen LogP contribution in [0.15, 0.2) is 36.8 Å². The Morgan fingerprint density at radius 1 is 1.18 bits per heavy atom. The lowest BCUT2D eigenvalue weighted by atomic mass is 9.76. The van der Waals surface area contributed by atoms with Gasteiger partial charge in [0, 0.05) is 30.0 Å². The zero-order valence-corrected chi connectivity index (χ0v) is 22.7. The van der Waals surface area contributed by atoms with Gasteiger partial charge in [-0.25, -0.2) is 9.56 Å². The van der Waals surface area contributed by atoms with Crippen molar-refractivity contribution in [3.8, 4) is 0 Å². The van der Waals surface area contributed by atoms with Gasteiger partial charge in [0.2, 0.25) is 0 Å². The molecule has 0 spiro atoms. The first kappa shape index (κ1) is 24.7. The summed E-state index contributed by atoms with van der Waals surface area (Å²) in [6.07, 6.45) is 11.2. The number of hydrogen-bond donors (Lipinski definition) is 2. The van der Waals surface area contributed by atoms with E-state index in [0.717, 1.165) is 42.1 Å². The fourth-order valence-corrected chi connectivity index (χ4v) is 6.81. The molecule has 2 aliphatic rings. The number of pyridine rings is 1. The molecule has 3 aromatic heterocycles. The highest BCUT2D eigenvalue weighted by Gasteiger charge is 2.36. The van der Waals surface area contributed by atoms with E-state index < -0.39 is 11.8 Å². The lowest BCUT2D eigenvalue weighted by molar-refractivity contribution is -0.462. The van der Waals surface area contributed by atoms with Gasteiger partial charge in [0.15, 0.2) is 0 Å². The average Bonchev–Trinajstić information content (AvgIpc) is 3.52. The number of aromatic nitrogens is 4. The maximum atomic E-state index is 13.5. The number of thiazole rings is 1. The fraction of sp³-hybridized carbons (Fsp3) is 0.429. The van der Waals surface area contributed by atoms with E-state index in [1.807, 2.05) is 0 Å². The number of rotatable bonds is 4. The number of nitrogens with zero attached hydrogens (tertiary/aromatic N) is 5. The standard InChI is InChI=1S/C28H31N7O2S/c1-16-4-6-23(35(14-16)28(37)26(36)31-22-13-29-11-20-12-30-33-25(20)22)18-5-7-24-21(10-18)32-27(38-24)19-8-17(9-19)15-34(2)3/h5,7,10-13,15-17,19,23H,4,6,8-9,14H2,1-3H3,(H-,29,30,31,33,36,37)/p+1/t16-,17?,19?,23+/m0/s1. The number of nitrogens with one attached hydrogen (secondary N) is 2. The first-order chi connectivity index (χ1) is 18.4. The number of carbonyl (C=O) groups excluding carboxylic acids is 2. The number of carbonyl (C=O) groups is 2. The molecule has 1 saturated heterocycles. The van der Waals surface area contributed by atoms with E-state index >= 15 is 0 Å². The van der Waals surface area contributed by atoms with Crippen molar-refractivity contribution in [1.29, 1.82) is 0 Å². The highest BCUT2D eigenvalue weighted by molar-refractivity contribution is 7.18. The molecule has 1 saturated carbocycles. The van der Waals surface area contributed by atoms with Gasteiger partial charge in [-0.15, -0.1) is 11.3 Å². The molecule has 0 unspecified atom stereocenters. The first-order valence-corrected chi connectivity index (χ1v) is 14.0. The minimum Gasteiger partial charge on any atom is -0.327 e. The molecule has 6 rings (SSSR count). The Hall–Kier alpha value is -3.66. The van der Waals surface area contributed by atoms with Gasteiger partial charge in [-0.3, -0.25) is 19.7 Å². The van der Waals surface area contributed by atoms with E-state index in [4.69, 9.17) is 4.98 Å². The molecule has 38 heavy (non-hydrogen) atoms. The molecule has 0 radical (unpaired) electrons. The smallest absolute Gasteiger partial charge is 0.314 e. The molecule has 2 N–H and O–H groups in total. The molecular weight excluding hydrogens is 498 g/mol. The summed E-state index contributed by atoms with van der Waals surface area (Å²) in [5, 5.41) is 11.6. The van der Waals surface area contributed by atoms with Gasteiger partial charge >= 0.3 is 11.8 Å². The van der Waals surface area contributed by atoms with Crippen molar-refractivity contribution in [3.63, 3.8) is 0 Å². The zero-order valence-electron chi connectivity index (χ0n) is 21.8. The van der Waals surface area contributed by atoms with Crippen LogP contribution in [0.2, 0.25) is 0 Å². The maximum Gasteiger partial charge on any atom is 0.314 e. The van der Waals surface area contributed by atoms with Gasteiger partial charge in [0.25, 0.3) is 0 Å². The zero-order chi connectivity index (χ0) is 26.4. The summed E-state index contributed by atoms with van der Waals surface area (Å²) in [7, 11) is 4.15. The van der Waals surface area contributed by atoms with E-state index in [-0.39, 0.29) is 6.04 Å². The third-order valence-corrected chi connectivity index (χ3v) is 8.92. The Bertz CT molecular complexity index is 1550. The van der Waals surface area contributed by atoms with Crippen molar-refractivity contribution in [2.45, 2.75) is 44.6 Å². The molecule has 4 heterocycles. The summed E-state index contributed by atoms with van der Waals surface area (Å²) < 4.78 is 3.31. The van der Waals surface area contributed by atoms with Crippen molar-refractivity contribution in [2.24, 2.45) is 11.8 Å². The predicted molar refractivity (Wildman–Crippen MR) is 149 cm³/mol. The van der Waals surface area contributed by atoms with E-state index in [1.165, 1.54) is 15.9 Å². The Morgan fingerprint density at radius 3 is 2.84 bits per heavy atom. The lowest BCUT2D eigenvalue weighted by Crippen LogP contribution is -2.46. The summed E-state index contributed by atoms with van der Waals surface area (Å²) in [5.74, 6) is 0.265. The van der Waals surface area contributed by atoms with Gasteiger partial charge in [-0.05, 0) is 49.3 Å². The van der Waals surface area contributed by atoms with E-state index in [2.05, 4.69) is 70.5 Å². The van der Waals surface area contributed by atoms with Crippen LogP contribution in [0.3, 0.4) is 0 Å². The first-order valence-electron chi connectivity index (χ1n) is 13.2. The summed E-state index contributed by atoms with van der Waals surface area (Å²) in [6.45, 7) is 2.66. The number of piperidine rings is 1. The lowest BCUT2D eigenvalue weighted by Gasteiger charge is -2.38. The van der Waals surface area contributed by atoms with Crippen molar-refractivity contribution < 1.29 is 14.2 Å². The van der Waals surface area contributed by atoms with Gasteiger partial charge in [0.05, 0.1) is 44.9 Å². The van der Waals surface area contributed by atoms with Crippen molar-refractivity contribution in [3.05, 3.63) is 47.4 Å². The molecule has 1 aliphatic heterocycles. The molecule has 10 heteroatoms. The Morgan fingerprint density at radius 2 is 2.03 bits per heavy atom. The topological polar surface area (TPSA) is 107 Å². The summed E-state index contributed by atoms with van der Waals surface area (Å²) >= 11 is 1.78. The average molecular weight is 531 g/mol. The minimum atomic E-state index is -0.668. The number of amides is 2. The molecule has 1 aromatic carbocycles. The highest BCUT2D eigenvalue weighted by atomic mass is 32.1. The highest BCUT2D eigenvalue weighted by Crippen LogP contribution is 2.44. The Kier molecular flexibility index (Phi) is 6.43. The second kappa shape index (κ2) is 9.90. The maximum absolute atomic E-state index is 13.5. The summed E-state index contributed by atoms with van der Waals surface area (Å²) in [5.41, 5.74) is 3.10. The van der Waals surface area contributed by atoms with E-state index in [1.54, 1.807) is 28.6 Å². The van der Waals surface area contributed by atoms with Gasteiger partial charge in [-0.2, -0.15) is 5.10 Å². The van der Waals surface area contributed by atoms with Crippen molar-refractivity contribution in [1.82, 2.24) is 25.1 Å². The van der Waals surface area contributed by atoms with Crippen LogP contribution in [-0.2, 0) is 9.59 Å². The molecule has 4 aromatic rings. The molecular formula is C28H32N7O2S+. The molecule has 196 valence electrons.